The van der Waals surface area contributed by atoms with Crippen LogP contribution in [0.2, 0.25) is 0 Å². The summed E-state index contributed by atoms with van der Waals surface area (Å²) >= 11 is 5.87. The minimum Gasteiger partial charge on any atom is -0.303 e. The van der Waals surface area contributed by atoms with Gasteiger partial charge in [0.05, 0.1) is 0 Å². The van der Waals surface area contributed by atoms with Gasteiger partial charge in [0, 0.05) is 11.3 Å². The molecule has 0 amide bonds. The van der Waals surface area contributed by atoms with Crippen LogP contribution in [-0.2, 0) is 17.6 Å². The lowest BCUT2D eigenvalue weighted by Gasteiger charge is -2.31. The summed E-state index contributed by atoms with van der Waals surface area (Å²) in [5, 5.41) is 0. The van der Waals surface area contributed by atoms with Gasteiger partial charge in [-0.05, 0) is 30.4 Å². The number of halogens is 1. The average Bonchev–Trinajstić information content (AvgIpc) is 2.28. The molecule has 0 saturated heterocycles. The summed E-state index contributed by atoms with van der Waals surface area (Å²) in [6, 6.07) is 8.30. The predicted octanol–water partition coefficient (Wildman–Crippen LogP) is 2.60. The molecule has 1 atom stereocenters. The number of aryl methyl sites for hydroxylation is 1. The molecule has 0 saturated carbocycles. The molecule has 14 heavy (non-hydrogen) atoms. The van der Waals surface area contributed by atoms with Gasteiger partial charge in [-0.25, -0.2) is 0 Å². The van der Waals surface area contributed by atoms with Crippen LogP contribution in [0.25, 0.3) is 0 Å². The minimum atomic E-state index is -0.310. The molecule has 1 aromatic carbocycles. The average molecular weight is 209 g/mol. The third-order valence-electron chi connectivity index (χ3n) is 3.07. The summed E-state index contributed by atoms with van der Waals surface area (Å²) in [7, 11) is 0. The van der Waals surface area contributed by atoms with E-state index in [1.54, 1.807) is 0 Å². The van der Waals surface area contributed by atoms with Crippen molar-refractivity contribution in [3.63, 3.8) is 0 Å². The molecule has 1 aromatic rings. The van der Waals surface area contributed by atoms with Crippen molar-refractivity contribution < 1.29 is 4.79 Å². The Morgan fingerprint density at radius 1 is 1.36 bits per heavy atom. The molecule has 74 valence electrons. The van der Waals surface area contributed by atoms with Crippen LogP contribution in [0.4, 0.5) is 0 Å². The zero-order valence-electron chi connectivity index (χ0n) is 8.00. The number of carbonyl (C=O) groups is 1. The van der Waals surface area contributed by atoms with Crippen LogP contribution in [0.5, 0.6) is 0 Å². The molecular formula is C12H13ClO. The van der Waals surface area contributed by atoms with Crippen molar-refractivity contribution in [3.05, 3.63) is 35.4 Å². The third kappa shape index (κ3) is 1.57. The maximum absolute atomic E-state index is 11.0. The number of rotatable bonds is 2. The van der Waals surface area contributed by atoms with Crippen molar-refractivity contribution in [2.75, 3.05) is 5.88 Å². The van der Waals surface area contributed by atoms with Crippen LogP contribution >= 0.6 is 11.6 Å². The van der Waals surface area contributed by atoms with Gasteiger partial charge in [-0.15, -0.1) is 11.6 Å². The molecule has 0 spiro atoms. The van der Waals surface area contributed by atoms with Gasteiger partial charge in [-0.3, -0.25) is 0 Å². The van der Waals surface area contributed by atoms with Crippen molar-refractivity contribution in [1.82, 2.24) is 0 Å². The summed E-state index contributed by atoms with van der Waals surface area (Å²) in [6.07, 6.45) is 3.70. The monoisotopic (exact) mass is 208 g/mol. The Morgan fingerprint density at radius 2 is 2.07 bits per heavy atom. The summed E-state index contributed by atoms with van der Waals surface area (Å²) in [6.45, 7) is 0. The first-order chi connectivity index (χ1) is 6.79. The van der Waals surface area contributed by atoms with Crippen LogP contribution < -0.4 is 0 Å². The first kappa shape index (κ1) is 9.72. The highest BCUT2D eigenvalue weighted by Gasteiger charge is 2.33. The molecule has 1 nitrogen and oxygen atoms in total. The third-order valence-corrected chi connectivity index (χ3v) is 3.60. The fourth-order valence-corrected chi connectivity index (χ4v) is 2.36. The van der Waals surface area contributed by atoms with Gasteiger partial charge in [0.25, 0.3) is 0 Å². The van der Waals surface area contributed by atoms with Crippen LogP contribution in [0.1, 0.15) is 17.5 Å². The van der Waals surface area contributed by atoms with Crippen LogP contribution in [0.15, 0.2) is 24.3 Å². The summed E-state index contributed by atoms with van der Waals surface area (Å²) in [4.78, 5) is 11.0. The van der Waals surface area contributed by atoms with E-state index < -0.39 is 0 Å². The number of carbonyl (C=O) groups excluding carboxylic acids is 1. The van der Waals surface area contributed by atoms with Gasteiger partial charge in [-0.2, -0.15) is 0 Å². The number of hydrogen-bond acceptors (Lipinski definition) is 1. The van der Waals surface area contributed by atoms with Gasteiger partial charge < -0.3 is 4.79 Å². The number of aldehydes is 1. The van der Waals surface area contributed by atoms with E-state index >= 15 is 0 Å². The Balaban J connectivity index is 2.32. The van der Waals surface area contributed by atoms with Gasteiger partial charge >= 0.3 is 0 Å². The zero-order valence-corrected chi connectivity index (χ0v) is 8.76. The van der Waals surface area contributed by atoms with Gasteiger partial charge in [-0.1, -0.05) is 24.3 Å². The minimum absolute atomic E-state index is 0.310. The second kappa shape index (κ2) is 3.74. The Morgan fingerprint density at radius 3 is 2.71 bits per heavy atom. The first-order valence-corrected chi connectivity index (χ1v) is 5.42. The first-order valence-electron chi connectivity index (χ1n) is 4.89. The second-order valence-corrected chi connectivity index (χ2v) is 4.33. The van der Waals surface area contributed by atoms with Crippen LogP contribution in [0.3, 0.4) is 0 Å². The highest BCUT2D eigenvalue weighted by atomic mass is 35.5. The molecule has 0 radical (unpaired) electrons. The molecule has 1 aliphatic rings. The molecule has 1 unspecified atom stereocenters. The van der Waals surface area contributed by atoms with Gasteiger partial charge in [0.2, 0.25) is 0 Å². The maximum Gasteiger partial charge on any atom is 0.127 e. The molecule has 0 aromatic heterocycles. The smallest absolute Gasteiger partial charge is 0.127 e. The molecular weight excluding hydrogens is 196 g/mol. The molecule has 1 aliphatic carbocycles. The summed E-state index contributed by atoms with van der Waals surface area (Å²) in [5.74, 6) is 0.435. The summed E-state index contributed by atoms with van der Waals surface area (Å²) in [5.41, 5.74) is 2.34. The SMILES string of the molecule is O=CC1(CCl)CCc2ccccc2C1. The molecule has 0 bridgehead atoms. The highest BCUT2D eigenvalue weighted by Crippen LogP contribution is 2.34. The second-order valence-electron chi connectivity index (χ2n) is 4.06. The quantitative estimate of drug-likeness (QED) is 0.540. The maximum atomic E-state index is 11.0. The van der Waals surface area contributed by atoms with E-state index in [0.29, 0.717) is 5.88 Å². The molecule has 0 aliphatic heterocycles. The Bertz CT molecular complexity index is 348. The standard InChI is InChI=1S/C12H13ClO/c13-8-12(9-14)6-5-10-3-1-2-4-11(10)7-12/h1-4,9H,5-8H2. The van der Waals surface area contributed by atoms with Crippen molar-refractivity contribution in [2.24, 2.45) is 5.41 Å². The van der Waals surface area contributed by atoms with E-state index in [1.165, 1.54) is 11.1 Å². The van der Waals surface area contributed by atoms with Crippen molar-refractivity contribution >= 4 is 17.9 Å². The van der Waals surface area contributed by atoms with Gasteiger partial charge in [0.1, 0.15) is 6.29 Å². The Labute approximate surface area is 89.1 Å². The molecule has 2 rings (SSSR count). The van der Waals surface area contributed by atoms with Gasteiger partial charge in [0.15, 0.2) is 0 Å². The van der Waals surface area contributed by atoms with E-state index in [4.69, 9.17) is 11.6 Å². The topological polar surface area (TPSA) is 17.1 Å². The van der Waals surface area contributed by atoms with E-state index in [-0.39, 0.29) is 5.41 Å². The normalized spacial score (nSPS) is 25.5. The zero-order chi connectivity index (χ0) is 10.0. The molecule has 0 fully saturated rings. The van der Waals surface area contributed by atoms with E-state index in [9.17, 15) is 4.79 Å². The van der Waals surface area contributed by atoms with Crippen LogP contribution in [0, 0.1) is 5.41 Å². The molecule has 0 heterocycles. The largest absolute Gasteiger partial charge is 0.303 e. The number of benzene rings is 1. The van der Waals surface area contributed by atoms with E-state index in [1.807, 2.05) is 12.1 Å². The lowest BCUT2D eigenvalue weighted by molar-refractivity contribution is -0.115. The lowest BCUT2D eigenvalue weighted by Crippen LogP contribution is -2.32. The molecule has 0 N–H and O–H groups in total. The number of alkyl halides is 1. The lowest BCUT2D eigenvalue weighted by atomic mass is 9.74. The van der Waals surface area contributed by atoms with Crippen molar-refractivity contribution in [3.8, 4) is 0 Å². The Hall–Kier alpha value is -0.820. The Kier molecular flexibility index (Phi) is 2.60. The fraction of sp³-hybridized carbons (Fsp3) is 0.417. The van der Waals surface area contributed by atoms with Crippen LogP contribution in [-0.4, -0.2) is 12.2 Å². The van der Waals surface area contributed by atoms with E-state index in [0.717, 1.165) is 25.5 Å². The van der Waals surface area contributed by atoms with Crippen molar-refractivity contribution in [2.45, 2.75) is 19.3 Å². The predicted molar refractivity (Wildman–Crippen MR) is 57.7 cm³/mol. The molecule has 2 heteroatoms. The van der Waals surface area contributed by atoms with Crippen molar-refractivity contribution in [1.29, 1.82) is 0 Å². The number of hydrogen-bond donors (Lipinski definition) is 0. The summed E-state index contributed by atoms with van der Waals surface area (Å²) < 4.78 is 0. The van der Waals surface area contributed by atoms with E-state index in [2.05, 4.69) is 12.1 Å². The highest BCUT2D eigenvalue weighted by molar-refractivity contribution is 6.19. The number of fused-ring (bicyclic) bond motifs is 1. The fourth-order valence-electron chi connectivity index (χ4n) is 2.07.